The number of para-hydroxylation sites is 1. The second-order valence-electron chi connectivity index (χ2n) is 13.7. The molecule has 11 rings (SSSR count). The van der Waals surface area contributed by atoms with Crippen molar-refractivity contribution in [1.29, 1.82) is 0 Å². The van der Waals surface area contributed by atoms with Crippen LogP contribution in [-0.2, 0) is 0 Å². The summed E-state index contributed by atoms with van der Waals surface area (Å²) in [6.45, 7) is 0. The summed E-state index contributed by atoms with van der Waals surface area (Å²) in [5, 5.41) is 3.32. The number of nitrogens with zero attached hydrogens (tertiary/aromatic N) is 5. The van der Waals surface area contributed by atoms with Crippen molar-refractivity contribution in [2.75, 3.05) is 0 Å². The molecule has 0 atom stereocenters. The van der Waals surface area contributed by atoms with Crippen molar-refractivity contribution in [3.63, 3.8) is 0 Å². The van der Waals surface area contributed by atoms with Crippen LogP contribution in [0.1, 0.15) is 0 Å². The van der Waals surface area contributed by atoms with E-state index in [1.165, 1.54) is 14.8 Å². The monoisotopic (exact) mass is 735 g/mol. The minimum absolute atomic E-state index is 0.638. The highest BCUT2D eigenvalue weighted by Gasteiger charge is 2.20. The molecule has 7 heteroatoms. The van der Waals surface area contributed by atoms with E-state index in [-0.39, 0.29) is 0 Å². The number of hydrogen-bond donors (Lipinski definition) is 0. The normalized spacial score (nSPS) is 11.6. The summed E-state index contributed by atoms with van der Waals surface area (Å²) in [4.78, 5) is 25.0. The SMILES string of the molecule is c1ccc(-c2nc(-c3ccccc3)nc(-c3ccc4sc5c(-c6cccc(-c7nc(-c8ccccc8)nc8c7oc7ccccc78)c6)cccc5c4c3)n2)cc1. The molecule has 0 radical (unpaired) electrons. The Morgan fingerprint density at radius 3 is 1.62 bits per heavy atom. The van der Waals surface area contributed by atoms with Crippen LogP contribution in [0.15, 0.2) is 180 Å². The Hall–Kier alpha value is -7.35. The Labute approximate surface area is 325 Å². The minimum atomic E-state index is 0.638. The summed E-state index contributed by atoms with van der Waals surface area (Å²) in [5.41, 5.74) is 10.0. The highest BCUT2D eigenvalue weighted by molar-refractivity contribution is 7.26. The Kier molecular flexibility index (Phi) is 7.57. The second kappa shape index (κ2) is 13.2. The summed E-state index contributed by atoms with van der Waals surface area (Å²) < 4.78 is 8.87. The van der Waals surface area contributed by atoms with E-state index in [0.29, 0.717) is 28.9 Å². The molecular formula is C49H29N5OS. The van der Waals surface area contributed by atoms with Crippen molar-refractivity contribution in [1.82, 2.24) is 24.9 Å². The van der Waals surface area contributed by atoms with Gasteiger partial charge in [-0.05, 0) is 47.5 Å². The van der Waals surface area contributed by atoms with Gasteiger partial charge in [-0.1, -0.05) is 140 Å². The summed E-state index contributed by atoms with van der Waals surface area (Å²) in [7, 11) is 0. The summed E-state index contributed by atoms with van der Waals surface area (Å²) in [5.74, 6) is 2.59. The number of hydrogen-bond acceptors (Lipinski definition) is 7. The van der Waals surface area contributed by atoms with Crippen molar-refractivity contribution >= 4 is 53.6 Å². The third-order valence-corrected chi connectivity index (χ3v) is 11.4. The van der Waals surface area contributed by atoms with Gasteiger partial charge in [0.1, 0.15) is 16.8 Å². The van der Waals surface area contributed by atoms with Crippen molar-refractivity contribution in [3.8, 4) is 67.9 Å². The van der Waals surface area contributed by atoms with Crippen molar-refractivity contribution in [2.45, 2.75) is 0 Å². The summed E-state index contributed by atoms with van der Waals surface area (Å²) >= 11 is 1.80. The molecule has 7 aromatic carbocycles. The first-order chi connectivity index (χ1) is 27.7. The van der Waals surface area contributed by atoms with Crippen molar-refractivity contribution in [3.05, 3.63) is 176 Å². The molecule has 0 saturated heterocycles. The maximum atomic E-state index is 6.46. The Bertz CT molecular complexity index is 3190. The van der Waals surface area contributed by atoms with Crippen molar-refractivity contribution in [2.24, 2.45) is 0 Å². The molecule has 0 aliphatic carbocycles. The van der Waals surface area contributed by atoms with Crippen LogP contribution in [-0.4, -0.2) is 24.9 Å². The van der Waals surface area contributed by atoms with Gasteiger partial charge in [0, 0.05) is 53.4 Å². The molecule has 0 spiro atoms. The predicted molar refractivity (Wildman–Crippen MR) is 228 cm³/mol. The van der Waals surface area contributed by atoms with Crippen LogP contribution in [0.25, 0.3) is 110 Å². The number of thiophene rings is 1. The number of benzene rings is 7. The molecule has 262 valence electrons. The van der Waals surface area contributed by atoms with Gasteiger partial charge in [-0.15, -0.1) is 11.3 Å². The third kappa shape index (κ3) is 5.52. The Balaban J connectivity index is 1.04. The molecule has 0 N–H and O–H groups in total. The number of furan rings is 1. The van der Waals surface area contributed by atoms with Gasteiger partial charge >= 0.3 is 0 Å². The topological polar surface area (TPSA) is 77.6 Å². The number of rotatable bonds is 6. The van der Waals surface area contributed by atoms with Crippen LogP contribution in [0.5, 0.6) is 0 Å². The van der Waals surface area contributed by atoms with Crippen LogP contribution in [0.2, 0.25) is 0 Å². The molecule has 4 aromatic heterocycles. The molecule has 6 nitrogen and oxygen atoms in total. The molecule has 11 aromatic rings. The zero-order valence-corrected chi connectivity index (χ0v) is 30.6. The average molecular weight is 736 g/mol. The minimum Gasteiger partial charge on any atom is -0.452 e. The lowest BCUT2D eigenvalue weighted by Crippen LogP contribution is -2.00. The molecule has 0 aliphatic rings. The smallest absolute Gasteiger partial charge is 0.180 e. The number of aromatic nitrogens is 5. The van der Waals surface area contributed by atoms with Gasteiger partial charge in [0.25, 0.3) is 0 Å². The fourth-order valence-electron chi connectivity index (χ4n) is 7.44. The highest BCUT2D eigenvalue weighted by atomic mass is 32.1. The van der Waals surface area contributed by atoms with Crippen LogP contribution >= 0.6 is 11.3 Å². The molecule has 4 heterocycles. The molecule has 0 fully saturated rings. The standard InChI is InChI=1S/C49H29N5OS/c1-4-14-30(15-5-1)46-50-42(44-43(51-46)38-22-10-11-25-40(38)55-44)34-21-12-20-33(28-34)36-23-13-24-37-39-29-35(26-27-41(39)56-45(36)37)49-53-47(31-16-6-2-7-17-31)52-48(54-49)32-18-8-3-9-19-32/h1-29H. The fourth-order valence-corrected chi connectivity index (χ4v) is 8.66. The van der Waals surface area contributed by atoms with E-state index < -0.39 is 0 Å². The third-order valence-electron chi connectivity index (χ3n) is 10.2. The molecule has 56 heavy (non-hydrogen) atoms. The first kappa shape index (κ1) is 32.1. The molecule has 0 saturated carbocycles. The lowest BCUT2D eigenvalue weighted by molar-refractivity contribution is 0.667. The van der Waals surface area contributed by atoms with Crippen LogP contribution < -0.4 is 0 Å². The van der Waals surface area contributed by atoms with Gasteiger partial charge in [0.15, 0.2) is 28.9 Å². The highest BCUT2D eigenvalue weighted by Crippen LogP contribution is 2.43. The zero-order valence-electron chi connectivity index (χ0n) is 29.8. The van der Waals surface area contributed by atoms with Gasteiger partial charge in [0.2, 0.25) is 0 Å². The van der Waals surface area contributed by atoms with Crippen LogP contribution in [0, 0.1) is 0 Å². The predicted octanol–water partition coefficient (Wildman–Crippen LogP) is 12.9. The van der Waals surface area contributed by atoms with E-state index in [0.717, 1.165) is 66.5 Å². The maximum absolute atomic E-state index is 6.46. The van der Waals surface area contributed by atoms with Crippen LogP contribution in [0.4, 0.5) is 0 Å². The van der Waals surface area contributed by atoms with Gasteiger partial charge in [-0.3, -0.25) is 0 Å². The van der Waals surface area contributed by atoms with E-state index in [2.05, 4.69) is 66.7 Å². The van der Waals surface area contributed by atoms with E-state index in [4.69, 9.17) is 29.3 Å². The zero-order chi connectivity index (χ0) is 37.0. The van der Waals surface area contributed by atoms with Gasteiger partial charge < -0.3 is 4.42 Å². The van der Waals surface area contributed by atoms with Crippen LogP contribution in [0.3, 0.4) is 0 Å². The lowest BCUT2D eigenvalue weighted by Gasteiger charge is -2.09. The Morgan fingerprint density at radius 1 is 0.375 bits per heavy atom. The van der Waals surface area contributed by atoms with Gasteiger partial charge in [-0.2, -0.15) is 0 Å². The average Bonchev–Trinajstić information content (AvgIpc) is 3.85. The molecular weight excluding hydrogens is 707 g/mol. The lowest BCUT2D eigenvalue weighted by atomic mass is 9.99. The van der Waals surface area contributed by atoms with E-state index in [1.807, 2.05) is 109 Å². The number of fused-ring (bicyclic) bond motifs is 6. The molecule has 0 bridgehead atoms. The first-order valence-corrected chi connectivity index (χ1v) is 19.2. The Morgan fingerprint density at radius 2 is 0.929 bits per heavy atom. The first-order valence-electron chi connectivity index (χ1n) is 18.4. The summed E-state index contributed by atoms with van der Waals surface area (Å²) in [6.07, 6.45) is 0. The van der Waals surface area contributed by atoms with Gasteiger partial charge in [-0.25, -0.2) is 24.9 Å². The van der Waals surface area contributed by atoms with E-state index in [1.54, 1.807) is 11.3 Å². The summed E-state index contributed by atoms with van der Waals surface area (Å²) in [6, 6.07) is 60.0. The fraction of sp³-hybridized carbons (Fsp3) is 0. The molecule has 0 amide bonds. The van der Waals surface area contributed by atoms with Gasteiger partial charge in [0.05, 0.1) is 0 Å². The van der Waals surface area contributed by atoms with E-state index in [9.17, 15) is 0 Å². The second-order valence-corrected chi connectivity index (χ2v) is 14.7. The molecule has 0 aliphatic heterocycles. The largest absolute Gasteiger partial charge is 0.452 e. The maximum Gasteiger partial charge on any atom is 0.180 e. The quantitative estimate of drug-likeness (QED) is 0.169. The molecule has 0 unspecified atom stereocenters. The van der Waals surface area contributed by atoms with E-state index >= 15 is 0 Å². The van der Waals surface area contributed by atoms with Crippen molar-refractivity contribution < 1.29 is 4.42 Å².